The number of amides is 2. The van der Waals surface area contributed by atoms with Gasteiger partial charge in [-0.05, 0) is 60.7 Å². The summed E-state index contributed by atoms with van der Waals surface area (Å²) in [5, 5.41) is 5.83. The fourth-order valence-corrected chi connectivity index (χ4v) is 3.22. The number of hydrogen-bond acceptors (Lipinski definition) is 3. The Bertz CT molecular complexity index is 766. The maximum absolute atomic E-state index is 12.1. The van der Waals surface area contributed by atoms with Gasteiger partial charge >= 0.3 is 0 Å². The molecule has 26 heavy (non-hydrogen) atoms. The minimum absolute atomic E-state index is 0.0293. The lowest BCUT2D eigenvalue weighted by Crippen LogP contribution is -2.14. The summed E-state index contributed by atoms with van der Waals surface area (Å²) in [4.78, 5) is 24.8. The molecule has 2 N–H and O–H groups in total. The maximum atomic E-state index is 12.1. The Morgan fingerprint density at radius 1 is 0.962 bits per heavy atom. The van der Waals surface area contributed by atoms with Crippen LogP contribution in [-0.2, 0) is 9.59 Å². The first-order chi connectivity index (χ1) is 12.5. The summed E-state index contributed by atoms with van der Waals surface area (Å²) in [6, 6.07) is 15.6. The van der Waals surface area contributed by atoms with Gasteiger partial charge < -0.3 is 10.6 Å². The van der Waals surface area contributed by atoms with Crippen molar-refractivity contribution < 1.29 is 9.59 Å². The molecule has 2 aromatic carbocycles. The minimum Gasteiger partial charge on any atom is -0.326 e. The van der Waals surface area contributed by atoms with E-state index >= 15 is 0 Å². The second-order valence-electron chi connectivity index (χ2n) is 6.90. The average Bonchev–Trinajstić information content (AvgIpc) is 3.47. The summed E-state index contributed by atoms with van der Waals surface area (Å²) in [5.41, 5.74) is 2.88. The highest BCUT2D eigenvalue weighted by Crippen LogP contribution is 2.30. The molecule has 0 radical (unpaired) electrons. The van der Waals surface area contributed by atoms with E-state index < -0.39 is 0 Å². The Hall–Kier alpha value is -2.27. The maximum Gasteiger partial charge on any atom is 0.234 e. The van der Waals surface area contributed by atoms with E-state index in [9.17, 15) is 9.59 Å². The third-order valence-electron chi connectivity index (χ3n) is 4.30. The van der Waals surface area contributed by atoms with Gasteiger partial charge in [-0.2, -0.15) is 0 Å². The third-order valence-corrected chi connectivity index (χ3v) is 5.31. The fraction of sp³-hybridized carbons (Fsp3) is 0.333. The van der Waals surface area contributed by atoms with Crippen molar-refractivity contribution in [1.82, 2.24) is 0 Å². The number of carbonyl (C=O) groups is 2. The quantitative estimate of drug-likeness (QED) is 0.684. The zero-order valence-electron chi connectivity index (χ0n) is 15.1. The summed E-state index contributed by atoms with van der Waals surface area (Å²) in [6.45, 7) is 4.29. The molecule has 4 nitrogen and oxygen atoms in total. The molecule has 0 bridgehead atoms. The van der Waals surface area contributed by atoms with Crippen LogP contribution in [0.2, 0.25) is 0 Å². The van der Waals surface area contributed by atoms with E-state index in [-0.39, 0.29) is 17.7 Å². The van der Waals surface area contributed by atoms with Gasteiger partial charge in [0.25, 0.3) is 0 Å². The first kappa shape index (κ1) is 18.5. The molecule has 0 atom stereocenters. The van der Waals surface area contributed by atoms with Crippen LogP contribution in [0.25, 0.3) is 0 Å². The largest absolute Gasteiger partial charge is 0.326 e. The molecule has 2 amide bonds. The number of benzene rings is 2. The summed E-state index contributed by atoms with van der Waals surface area (Å²) < 4.78 is 0. The van der Waals surface area contributed by atoms with Gasteiger partial charge in [0.15, 0.2) is 0 Å². The van der Waals surface area contributed by atoms with Crippen LogP contribution in [0.15, 0.2) is 53.4 Å². The Balaban J connectivity index is 1.45. The van der Waals surface area contributed by atoms with Crippen molar-refractivity contribution in [2.45, 2.75) is 37.5 Å². The SMILES string of the molecule is CC(C)c1ccc(NC(=O)CSc2ccc(NC(=O)C3CC3)cc2)cc1. The van der Waals surface area contributed by atoms with E-state index in [1.807, 2.05) is 48.5 Å². The second-order valence-corrected chi connectivity index (χ2v) is 7.95. The van der Waals surface area contributed by atoms with E-state index in [1.165, 1.54) is 17.3 Å². The predicted molar refractivity (Wildman–Crippen MR) is 108 cm³/mol. The van der Waals surface area contributed by atoms with Gasteiger partial charge in [0.2, 0.25) is 11.8 Å². The second kappa shape index (κ2) is 8.41. The molecular weight excluding hydrogens is 344 g/mol. The van der Waals surface area contributed by atoms with E-state index in [4.69, 9.17) is 0 Å². The van der Waals surface area contributed by atoms with Gasteiger partial charge in [0, 0.05) is 22.2 Å². The van der Waals surface area contributed by atoms with Crippen molar-refractivity contribution >= 4 is 35.0 Å². The first-order valence-corrected chi connectivity index (χ1v) is 9.93. The van der Waals surface area contributed by atoms with Crippen LogP contribution in [0, 0.1) is 5.92 Å². The van der Waals surface area contributed by atoms with Crippen LogP contribution in [0.4, 0.5) is 11.4 Å². The summed E-state index contributed by atoms with van der Waals surface area (Å²) in [5.74, 6) is 1.10. The summed E-state index contributed by atoms with van der Waals surface area (Å²) in [6.07, 6.45) is 1.99. The summed E-state index contributed by atoms with van der Waals surface area (Å²) in [7, 11) is 0. The fourth-order valence-electron chi connectivity index (χ4n) is 2.52. The zero-order chi connectivity index (χ0) is 18.5. The number of rotatable bonds is 7. The van der Waals surface area contributed by atoms with Crippen LogP contribution in [0.1, 0.15) is 38.2 Å². The van der Waals surface area contributed by atoms with Crippen molar-refractivity contribution in [3.05, 3.63) is 54.1 Å². The van der Waals surface area contributed by atoms with Crippen molar-refractivity contribution in [2.24, 2.45) is 5.92 Å². The molecule has 0 unspecified atom stereocenters. The number of nitrogens with one attached hydrogen (secondary N) is 2. The van der Waals surface area contributed by atoms with Crippen molar-refractivity contribution in [3.63, 3.8) is 0 Å². The van der Waals surface area contributed by atoms with E-state index in [1.54, 1.807) is 0 Å². The van der Waals surface area contributed by atoms with Crippen LogP contribution < -0.4 is 10.6 Å². The van der Waals surface area contributed by atoms with E-state index in [0.29, 0.717) is 11.7 Å². The van der Waals surface area contributed by atoms with Gasteiger partial charge in [0.05, 0.1) is 5.75 Å². The number of thioether (sulfide) groups is 1. The highest BCUT2D eigenvalue weighted by molar-refractivity contribution is 8.00. The van der Waals surface area contributed by atoms with Gasteiger partial charge in [-0.3, -0.25) is 9.59 Å². The standard InChI is InChI=1S/C21H24N2O2S/c1-14(2)15-5-7-17(8-6-15)22-20(24)13-26-19-11-9-18(10-12-19)23-21(25)16-3-4-16/h5-12,14,16H,3-4,13H2,1-2H3,(H,22,24)(H,23,25). The Labute approximate surface area is 158 Å². The Morgan fingerprint density at radius 2 is 1.54 bits per heavy atom. The third kappa shape index (κ3) is 5.36. The molecule has 1 saturated carbocycles. The van der Waals surface area contributed by atoms with Gasteiger partial charge in [-0.15, -0.1) is 11.8 Å². The molecule has 0 aromatic heterocycles. The normalized spacial score (nSPS) is 13.5. The van der Waals surface area contributed by atoms with Gasteiger partial charge in [0.1, 0.15) is 0 Å². The molecule has 1 aliphatic rings. The highest BCUT2D eigenvalue weighted by atomic mass is 32.2. The van der Waals surface area contributed by atoms with Crippen LogP contribution >= 0.6 is 11.8 Å². The molecule has 0 heterocycles. The topological polar surface area (TPSA) is 58.2 Å². The molecule has 2 aromatic rings. The molecule has 0 saturated heterocycles. The molecule has 1 aliphatic carbocycles. The highest BCUT2D eigenvalue weighted by Gasteiger charge is 2.29. The zero-order valence-corrected chi connectivity index (χ0v) is 15.9. The van der Waals surface area contributed by atoms with Crippen molar-refractivity contribution in [2.75, 3.05) is 16.4 Å². The average molecular weight is 369 g/mol. The number of carbonyl (C=O) groups excluding carboxylic acids is 2. The van der Waals surface area contributed by atoms with Crippen LogP contribution in [0.5, 0.6) is 0 Å². The lowest BCUT2D eigenvalue weighted by atomic mass is 10.0. The molecule has 0 aliphatic heterocycles. The number of anilines is 2. The first-order valence-electron chi connectivity index (χ1n) is 8.95. The van der Waals surface area contributed by atoms with E-state index in [2.05, 4.69) is 24.5 Å². The predicted octanol–water partition coefficient (Wildman–Crippen LogP) is 4.89. The molecule has 3 rings (SSSR count). The van der Waals surface area contributed by atoms with Gasteiger partial charge in [-0.1, -0.05) is 26.0 Å². The molecule has 0 spiro atoms. The van der Waals surface area contributed by atoms with Crippen molar-refractivity contribution in [1.29, 1.82) is 0 Å². The van der Waals surface area contributed by atoms with E-state index in [0.717, 1.165) is 29.1 Å². The molecule has 1 fully saturated rings. The lowest BCUT2D eigenvalue weighted by Gasteiger charge is -2.09. The van der Waals surface area contributed by atoms with Crippen LogP contribution in [-0.4, -0.2) is 17.6 Å². The molecular formula is C21H24N2O2S. The monoisotopic (exact) mass is 368 g/mol. The van der Waals surface area contributed by atoms with Crippen LogP contribution in [0.3, 0.4) is 0 Å². The Kier molecular flexibility index (Phi) is 5.99. The minimum atomic E-state index is -0.0293. The molecule has 136 valence electrons. The summed E-state index contributed by atoms with van der Waals surface area (Å²) >= 11 is 1.48. The van der Waals surface area contributed by atoms with Gasteiger partial charge in [-0.25, -0.2) is 0 Å². The smallest absolute Gasteiger partial charge is 0.234 e. The Morgan fingerprint density at radius 3 is 2.12 bits per heavy atom. The molecule has 5 heteroatoms. The number of hydrogen-bond donors (Lipinski definition) is 2. The lowest BCUT2D eigenvalue weighted by molar-refractivity contribution is -0.117. The van der Waals surface area contributed by atoms with Crippen molar-refractivity contribution in [3.8, 4) is 0 Å².